The first-order valence-corrected chi connectivity index (χ1v) is 9.63. The van der Waals surface area contributed by atoms with Gasteiger partial charge in [-0.05, 0) is 55.7 Å². The van der Waals surface area contributed by atoms with Crippen molar-refractivity contribution in [3.8, 4) is 5.69 Å². The lowest BCUT2D eigenvalue weighted by atomic mass is 9.98. The van der Waals surface area contributed by atoms with Gasteiger partial charge in [0.05, 0.1) is 11.1 Å². The van der Waals surface area contributed by atoms with Crippen LogP contribution in [0.5, 0.6) is 0 Å². The van der Waals surface area contributed by atoms with Crippen LogP contribution < -0.4 is 5.43 Å². The van der Waals surface area contributed by atoms with Gasteiger partial charge in [-0.3, -0.25) is 4.79 Å². The average Bonchev–Trinajstić information content (AvgIpc) is 2.65. The Morgan fingerprint density at radius 1 is 0.929 bits per heavy atom. The first-order chi connectivity index (χ1) is 13.3. The molecule has 0 atom stereocenters. The number of hydrogen-bond donors (Lipinski definition) is 0. The quantitative estimate of drug-likeness (QED) is 0.509. The number of alkyl halides is 3. The molecule has 3 aromatic rings. The summed E-state index contributed by atoms with van der Waals surface area (Å²) >= 11 is 0. The first-order valence-electron chi connectivity index (χ1n) is 9.63. The van der Waals surface area contributed by atoms with E-state index in [1.165, 1.54) is 12.1 Å². The lowest BCUT2D eigenvalue weighted by Gasteiger charge is -2.22. The monoisotopic (exact) mass is 387 g/mol. The Balaban J connectivity index is 2.41. The van der Waals surface area contributed by atoms with Gasteiger partial charge in [-0.15, -0.1) is 0 Å². The molecule has 0 aliphatic rings. The van der Waals surface area contributed by atoms with Crippen LogP contribution in [-0.4, -0.2) is 4.57 Å². The van der Waals surface area contributed by atoms with E-state index in [2.05, 4.69) is 0 Å². The smallest absolute Gasteiger partial charge is 0.313 e. The minimum Gasteiger partial charge on any atom is -0.313 e. The van der Waals surface area contributed by atoms with E-state index in [4.69, 9.17) is 0 Å². The van der Waals surface area contributed by atoms with Crippen molar-refractivity contribution in [2.45, 2.75) is 52.6 Å². The predicted molar refractivity (Wildman–Crippen MR) is 107 cm³/mol. The molecular weight excluding hydrogens is 363 g/mol. The van der Waals surface area contributed by atoms with E-state index < -0.39 is 11.7 Å². The summed E-state index contributed by atoms with van der Waals surface area (Å²) in [6.07, 6.45) is -1.36. The van der Waals surface area contributed by atoms with Crippen molar-refractivity contribution in [2.75, 3.05) is 0 Å². The van der Waals surface area contributed by atoms with Crippen LogP contribution in [-0.2, 0) is 19.0 Å². The van der Waals surface area contributed by atoms with Crippen LogP contribution in [0.4, 0.5) is 13.2 Å². The fourth-order valence-corrected chi connectivity index (χ4v) is 3.79. The highest BCUT2D eigenvalue weighted by Crippen LogP contribution is 2.31. The van der Waals surface area contributed by atoms with Gasteiger partial charge in [-0.2, -0.15) is 13.2 Å². The zero-order chi connectivity index (χ0) is 20.5. The topological polar surface area (TPSA) is 22.0 Å². The Morgan fingerprint density at radius 3 is 2.14 bits per heavy atom. The molecule has 0 saturated heterocycles. The second kappa shape index (κ2) is 7.82. The van der Waals surface area contributed by atoms with Crippen LogP contribution in [0.3, 0.4) is 0 Å². The van der Waals surface area contributed by atoms with Gasteiger partial charge in [0.2, 0.25) is 0 Å². The SMILES string of the molecule is CCCc1c(CCC)n(-c2ccc(C(F)(F)F)cc2)c2c(C)cccc2c1=O. The van der Waals surface area contributed by atoms with Crippen LogP contribution in [0.15, 0.2) is 47.3 Å². The molecule has 0 spiro atoms. The van der Waals surface area contributed by atoms with E-state index in [1.54, 1.807) is 6.07 Å². The van der Waals surface area contributed by atoms with Gasteiger partial charge < -0.3 is 4.57 Å². The summed E-state index contributed by atoms with van der Waals surface area (Å²) in [6, 6.07) is 10.8. The van der Waals surface area contributed by atoms with Gasteiger partial charge in [0, 0.05) is 22.3 Å². The number of benzene rings is 2. The Morgan fingerprint density at radius 2 is 1.57 bits per heavy atom. The second-order valence-electron chi connectivity index (χ2n) is 7.11. The first kappa shape index (κ1) is 20.2. The number of hydrogen-bond acceptors (Lipinski definition) is 1. The number of pyridine rings is 1. The largest absolute Gasteiger partial charge is 0.416 e. The minimum absolute atomic E-state index is 0.0344. The third-order valence-corrected chi connectivity index (χ3v) is 5.04. The normalized spacial score (nSPS) is 11.9. The molecule has 0 unspecified atom stereocenters. The lowest BCUT2D eigenvalue weighted by molar-refractivity contribution is -0.137. The Bertz CT molecular complexity index is 1050. The molecule has 0 aliphatic carbocycles. The molecule has 1 aromatic heterocycles. The van der Waals surface area contributed by atoms with Gasteiger partial charge >= 0.3 is 6.18 Å². The lowest BCUT2D eigenvalue weighted by Crippen LogP contribution is -2.21. The maximum atomic E-state index is 13.2. The third kappa shape index (κ3) is 3.58. The molecule has 0 N–H and O–H groups in total. The van der Waals surface area contributed by atoms with Crippen molar-refractivity contribution < 1.29 is 13.2 Å². The van der Waals surface area contributed by atoms with Gasteiger partial charge in [0.25, 0.3) is 0 Å². The zero-order valence-electron chi connectivity index (χ0n) is 16.4. The van der Waals surface area contributed by atoms with Crippen molar-refractivity contribution in [2.24, 2.45) is 0 Å². The minimum atomic E-state index is -4.38. The van der Waals surface area contributed by atoms with E-state index >= 15 is 0 Å². The highest BCUT2D eigenvalue weighted by Gasteiger charge is 2.30. The number of aryl methyl sites for hydroxylation is 1. The molecule has 0 amide bonds. The number of fused-ring (bicyclic) bond motifs is 1. The van der Waals surface area contributed by atoms with Crippen LogP contribution >= 0.6 is 0 Å². The number of nitrogens with zero attached hydrogens (tertiary/aromatic N) is 1. The standard InChI is InChI=1S/C23H24F3NO/c1-4-7-18-20(8-5-2)27(17-13-11-16(12-14-17)23(24,25)26)21-15(3)9-6-10-19(21)22(18)28/h6,9-14H,4-5,7-8H2,1-3H3. The molecule has 3 rings (SSSR count). The van der Waals surface area contributed by atoms with Crippen molar-refractivity contribution in [3.63, 3.8) is 0 Å². The molecule has 5 heteroatoms. The van der Waals surface area contributed by atoms with Crippen LogP contribution in [0.1, 0.15) is 49.1 Å². The molecule has 28 heavy (non-hydrogen) atoms. The van der Waals surface area contributed by atoms with E-state index in [-0.39, 0.29) is 5.43 Å². The summed E-state index contributed by atoms with van der Waals surface area (Å²) in [4.78, 5) is 13.2. The summed E-state index contributed by atoms with van der Waals surface area (Å²) in [7, 11) is 0. The molecule has 0 radical (unpaired) electrons. The Hall–Kier alpha value is -2.56. The molecule has 2 nitrogen and oxygen atoms in total. The second-order valence-corrected chi connectivity index (χ2v) is 7.11. The fraction of sp³-hybridized carbons (Fsp3) is 0.348. The van der Waals surface area contributed by atoms with Gasteiger partial charge in [0.15, 0.2) is 5.43 Å². The van der Waals surface area contributed by atoms with E-state index in [0.717, 1.165) is 47.3 Å². The Labute approximate surface area is 162 Å². The highest BCUT2D eigenvalue weighted by molar-refractivity contribution is 5.85. The summed E-state index contributed by atoms with van der Waals surface area (Å²) in [5, 5.41) is 0.614. The van der Waals surface area contributed by atoms with Crippen molar-refractivity contribution in [1.82, 2.24) is 4.57 Å². The molecule has 0 bridgehead atoms. The van der Waals surface area contributed by atoms with Crippen molar-refractivity contribution in [3.05, 3.63) is 75.1 Å². The Kier molecular flexibility index (Phi) is 5.64. The molecule has 1 heterocycles. The molecule has 148 valence electrons. The number of aromatic nitrogens is 1. The highest BCUT2D eigenvalue weighted by atomic mass is 19.4. The summed E-state index contributed by atoms with van der Waals surface area (Å²) in [6.45, 7) is 6.00. The van der Waals surface area contributed by atoms with Gasteiger partial charge in [-0.1, -0.05) is 38.8 Å². The van der Waals surface area contributed by atoms with E-state index in [0.29, 0.717) is 23.9 Å². The van der Waals surface area contributed by atoms with Gasteiger partial charge in [0.1, 0.15) is 0 Å². The third-order valence-electron chi connectivity index (χ3n) is 5.04. The molecule has 0 fully saturated rings. The average molecular weight is 387 g/mol. The van der Waals surface area contributed by atoms with Crippen LogP contribution in [0.25, 0.3) is 16.6 Å². The number of rotatable bonds is 5. The number of halogens is 3. The van der Waals surface area contributed by atoms with E-state index in [1.807, 2.05) is 37.5 Å². The summed E-state index contributed by atoms with van der Waals surface area (Å²) in [5.74, 6) is 0. The number of para-hydroxylation sites is 1. The van der Waals surface area contributed by atoms with Crippen molar-refractivity contribution >= 4 is 10.9 Å². The summed E-state index contributed by atoms with van der Waals surface area (Å²) in [5.41, 5.74) is 3.37. The maximum absolute atomic E-state index is 13.2. The molecule has 2 aromatic carbocycles. The van der Waals surface area contributed by atoms with Gasteiger partial charge in [-0.25, -0.2) is 0 Å². The zero-order valence-corrected chi connectivity index (χ0v) is 16.4. The molecule has 0 aliphatic heterocycles. The van der Waals surface area contributed by atoms with Crippen LogP contribution in [0, 0.1) is 6.92 Å². The molecular formula is C23H24F3NO. The maximum Gasteiger partial charge on any atom is 0.416 e. The van der Waals surface area contributed by atoms with Crippen LogP contribution in [0.2, 0.25) is 0 Å². The summed E-state index contributed by atoms with van der Waals surface area (Å²) < 4.78 is 41.0. The fourth-order valence-electron chi connectivity index (χ4n) is 3.79. The van der Waals surface area contributed by atoms with Crippen molar-refractivity contribution in [1.29, 1.82) is 0 Å². The van der Waals surface area contributed by atoms with E-state index in [9.17, 15) is 18.0 Å². The molecule has 0 saturated carbocycles. The predicted octanol–water partition coefficient (Wildman–Crippen LogP) is 6.22.